The van der Waals surface area contributed by atoms with Gasteiger partial charge in [0.2, 0.25) is 0 Å². The topological polar surface area (TPSA) is 78.9 Å². The fourth-order valence-electron chi connectivity index (χ4n) is 3.60. The van der Waals surface area contributed by atoms with Crippen molar-refractivity contribution in [1.29, 1.82) is 0 Å². The van der Waals surface area contributed by atoms with E-state index in [2.05, 4.69) is 0 Å². The van der Waals surface area contributed by atoms with Gasteiger partial charge in [-0.3, -0.25) is 14.4 Å². The van der Waals surface area contributed by atoms with Crippen LogP contribution in [-0.2, 0) is 34.2 Å². The largest absolute Gasteiger partial charge is 0.462 e. The molecule has 0 aliphatic heterocycles. The van der Waals surface area contributed by atoms with Crippen LogP contribution in [0.3, 0.4) is 0 Å². The molecule has 0 amide bonds. The van der Waals surface area contributed by atoms with Gasteiger partial charge < -0.3 is 14.2 Å². The second-order valence-corrected chi connectivity index (χ2v) is 8.99. The van der Waals surface area contributed by atoms with Crippen LogP contribution in [0.1, 0.15) is 83.3 Å². The normalized spacial score (nSPS) is 15.7. The number of hydrogen-bond acceptors (Lipinski definition) is 6. The molecule has 0 unspecified atom stereocenters. The first-order valence-corrected chi connectivity index (χ1v) is 11.3. The minimum absolute atomic E-state index is 0.00891. The van der Waals surface area contributed by atoms with E-state index in [1.54, 1.807) is 0 Å². The fraction of sp³-hybridized carbons (Fsp3) is 0.640. The summed E-state index contributed by atoms with van der Waals surface area (Å²) in [5, 5.41) is 0. The molecule has 0 heterocycles. The molecule has 0 aromatic heterocycles. The standard InChI is InChI=1S/C25H36O6/c1-5-24(3,4)23(28)30-18-17-29-21(26)13-14-22(27)31-25(15-7-6-8-16-25)20-11-9-19(2)10-12-20/h9-12H,5-8,13-18H2,1-4H3. The summed E-state index contributed by atoms with van der Waals surface area (Å²) >= 11 is 0. The predicted octanol–water partition coefficient (Wildman–Crippen LogP) is 5.00. The number of ether oxygens (including phenoxy) is 3. The highest BCUT2D eigenvalue weighted by Gasteiger charge is 2.37. The van der Waals surface area contributed by atoms with Crippen LogP contribution < -0.4 is 0 Å². The van der Waals surface area contributed by atoms with Crippen molar-refractivity contribution in [2.75, 3.05) is 13.2 Å². The third kappa shape index (κ3) is 7.37. The Morgan fingerprint density at radius 1 is 0.903 bits per heavy atom. The highest BCUT2D eigenvalue weighted by Crippen LogP contribution is 2.41. The average Bonchev–Trinajstić information content (AvgIpc) is 2.76. The number of carbonyl (C=O) groups excluding carboxylic acids is 3. The fourth-order valence-corrected chi connectivity index (χ4v) is 3.60. The van der Waals surface area contributed by atoms with E-state index in [0.717, 1.165) is 43.2 Å². The molecule has 0 radical (unpaired) electrons. The molecule has 0 N–H and O–H groups in total. The maximum Gasteiger partial charge on any atom is 0.311 e. The van der Waals surface area contributed by atoms with Gasteiger partial charge in [0.05, 0.1) is 18.3 Å². The van der Waals surface area contributed by atoms with E-state index in [4.69, 9.17) is 14.2 Å². The lowest BCUT2D eigenvalue weighted by molar-refractivity contribution is -0.167. The van der Waals surface area contributed by atoms with Crippen molar-refractivity contribution in [1.82, 2.24) is 0 Å². The molecular weight excluding hydrogens is 396 g/mol. The van der Waals surface area contributed by atoms with Gasteiger partial charge in [0.1, 0.15) is 18.8 Å². The van der Waals surface area contributed by atoms with Crippen LogP contribution in [0.2, 0.25) is 0 Å². The van der Waals surface area contributed by atoms with Crippen molar-refractivity contribution in [3.05, 3.63) is 35.4 Å². The van der Waals surface area contributed by atoms with Crippen LogP contribution in [0.4, 0.5) is 0 Å². The Labute approximate surface area is 185 Å². The van der Waals surface area contributed by atoms with Gasteiger partial charge in [0.15, 0.2) is 0 Å². The quantitative estimate of drug-likeness (QED) is 0.294. The van der Waals surface area contributed by atoms with Crippen LogP contribution >= 0.6 is 0 Å². The molecule has 172 valence electrons. The van der Waals surface area contributed by atoms with E-state index in [9.17, 15) is 14.4 Å². The molecule has 2 rings (SSSR count). The first kappa shape index (κ1) is 24.9. The lowest BCUT2D eigenvalue weighted by Gasteiger charge is -2.37. The number of carbonyl (C=O) groups is 3. The van der Waals surface area contributed by atoms with Crippen molar-refractivity contribution in [2.24, 2.45) is 5.41 Å². The lowest BCUT2D eigenvalue weighted by Crippen LogP contribution is -2.35. The molecule has 0 bridgehead atoms. The zero-order valence-corrected chi connectivity index (χ0v) is 19.3. The van der Waals surface area contributed by atoms with Gasteiger partial charge in [0.25, 0.3) is 0 Å². The Morgan fingerprint density at radius 3 is 2.10 bits per heavy atom. The Kier molecular flexibility index (Phi) is 9.08. The zero-order valence-electron chi connectivity index (χ0n) is 19.3. The van der Waals surface area contributed by atoms with Gasteiger partial charge in [-0.1, -0.05) is 43.2 Å². The Bertz CT molecular complexity index is 744. The van der Waals surface area contributed by atoms with Crippen LogP contribution in [0.15, 0.2) is 24.3 Å². The molecule has 0 spiro atoms. The summed E-state index contributed by atoms with van der Waals surface area (Å²) in [5.74, 6) is -1.21. The average molecular weight is 433 g/mol. The Hall–Kier alpha value is -2.37. The van der Waals surface area contributed by atoms with E-state index >= 15 is 0 Å². The molecule has 1 saturated carbocycles. The van der Waals surface area contributed by atoms with Gasteiger partial charge in [-0.05, 0) is 58.4 Å². The molecule has 1 aliphatic carbocycles. The maximum absolute atomic E-state index is 12.5. The summed E-state index contributed by atoms with van der Waals surface area (Å²) in [4.78, 5) is 36.4. The Balaban J connectivity index is 1.78. The molecular formula is C25H36O6. The summed E-state index contributed by atoms with van der Waals surface area (Å²) in [7, 11) is 0. The van der Waals surface area contributed by atoms with Crippen LogP contribution in [0, 0.1) is 12.3 Å². The van der Waals surface area contributed by atoms with Gasteiger partial charge in [-0.2, -0.15) is 0 Å². The van der Waals surface area contributed by atoms with Crippen molar-refractivity contribution in [2.45, 2.75) is 84.7 Å². The number of esters is 3. The number of benzene rings is 1. The summed E-state index contributed by atoms with van der Waals surface area (Å²) < 4.78 is 16.2. The highest BCUT2D eigenvalue weighted by molar-refractivity contribution is 5.78. The molecule has 6 heteroatoms. The van der Waals surface area contributed by atoms with Gasteiger partial charge >= 0.3 is 17.9 Å². The maximum atomic E-state index is 12.5. The number of aryl methyl sites for hydroxylation is 1. The monoisotopic (exact) mass is 432 g/mol. The minimum Gasteiger partial charge on any atom is -0.462 e. The molecule has 1 fully saturated rings. The SMILES string of the molecule is CCC(C)(C)C(=O)OCCOC(=O)CCC(=O)OC1(c2ccc(C)cc2)CCCCC1. The third-order valence-corrected chi connectivity index (χ3v) is 6.10. The number of rotatable bonds is 10. The Morgan fingerprint density at radius 2 is 1.48 bits per heavy atom. The summed E-state index contributed by atoms with van der Waals surface area (Å²) in [6, 6.07) is 8.13. The van der Waals surface area contributed by atoms with Crippen LogP contribution in [0.5, 0.6) is 0 Å². The predicted molar refractivity (Wildman–Crippen MR) is 117 cm³/mol. The molecule has 0 saturated heterocycles. The van der Waals surface area contributed by atoms with Gasteiger partial charge in [0, 0.05) is 0 Å². The molecule has 1 aromatic carbocycles. The molecule has 0 atom stereocenters. The minimum atomic E-state index is -0.604. The summed E-state index contributed by atoms with van der Waals surface area (Å²) in [5.41, 5.74) is 1.02. The molecule has 6 nitrogen and oxygen atoms in total. The second kappa shape index (κ2) is 11.3. The van der Waals surface area contributed by atoms with E-state index < -0.39 is 23.0 Å². The van der Waals surface area contributed by atoms with E-state index in [1.165, 1.54) is 0 Å². The molecule has 1 aliphatic rings. The third-order valence-electron chi connectivity index (χ3n) is 6.10. The second-order valence-electron chi connectivity index (χ2n) is 8.99. The zero-order chi connectivity index (χ0) is 22.9. The summed E-state index contributed by atoms with van der Waals surface area (Å²) in [6.45, 7) is 7.55. The van der Waals surface area contributed by atoms with E-state index in [-0.39, 0.29) is 32.0 Å². The smallest absolute Gasteiger partial charge is 0.311 e. The van der Waals surface area contributed by atoms with Gasteiger partial charge in [-0.25, -0.2) is 0 Å². The van der Waals surface area contributed by atoms with Gasteiger partial charge in [-0.15, -0.1) is 0 Å². The lowest BCUT2D eigenvalue weighted by atomic mass is 9.79. The summed E-state index contributed by atoms with van der Waals surface area (Å²) in [6.07, 6.45) is 5.33. The van der Waals surface area contributed by atoms with E-state index in [0.29, 0.717) is 6.42 Å². The van der Waals surface area contributed by atoms with Crippen LogP contribution in [-0.4, -0.2) is 31.1 Å². The van der Waals surface area contributed by atoms with Crippen molar-refractivity contribution < 1.29 is 28.6 Å². The number of hydrogen-bond donors (Lipinski definition) is 0. The highest BCUT2D eigenvalue weighted by atomic mass is 16.6. The molecule has 1 aromatic rings. The van der Waals surface area contributed by atoms with Crippen LogP contribution in [0.25, 0.3) is 0 Å². The molecule has 31 heavy (non-hydrogen) atoms. The van der Waals surface area contributed by atoms with E-state index in [1.807, 2.05) is 52.0 Å². The first-order chi connectivity index (χ1) is 14.7. The van der Waals surface area contributed by atoms with Crippen molar-refractivity contribution in [3.63, 3.8) is 0 Å². The van der Waals surface area contributed by atoms with Crippen molar-refractivity contribution >= 4 is 17.9 Å². The van der Waals surface area contributed by atoms with Crippen molar-refractivity contribution in [3.8, 4) is 0 Å². The first-order valence-electron chi connectivity index (χ1n) is 11.3.